The van der Waals surface area contributed by atoms with Gasteiger partial charge in [-0.2, -0.15) is 0 Å². The van der Waals surface area contributed by atoms with Gasteiger partial charge in [-0.3, -0.25) is 0 Å². The zero-order valence-electron chi connectivity index (χ0n) is 11.2. The van der Waals surface area contributed by atoms with Crippen LogP contribution in [0.5, 0.6) is 0 Å². The Bertz CT molecular complexity index is 170. The van der Waals surface area contributed by atoms with Gasteiger partial charge in [0.1, 0.15) is 0 Å². The molecule has 0 aromatic heterocycles. The minimum Gasteiger partial charge on any atom is -0.396 e. The highest BCUT2D eigenvalue weighted by molar-refractivity contribution is 4.76. The van der Waals surface area contributed by atoms with Crippen LogP contribution in [-0.2, 0) is 0 Å². The van der Waals surface area contributed by atoms with Gasteiger partial charge in [-0.1, -0.05) is 13.8 Å². The van der Waals surface area contributed by atoms with Gasteiger partial charge in [0.25, 0.3) is 0 Å². The first-order valence-corrected chi connectivity index (χ1v) is 6.06. The predicted molar refractivity (Wildman–Crippen MR) is 67.6 cm³/mol. The summed E-state index contributed by atoms with van der Waals surface area (Å²) in [5, 5.41) is 18.5. The summed E-state index contributed by atoms with van der Waals surface area (Å²) in [6, 6.07) is 0. The molecule has 0 aromatic carbocycles. The lowest BCUT2D eigenvalue weighted by atomic mass is 9.92. The van der Waals surface area contributed by atoms with Crippen molar-refractivity contribution in [3.63, 3.8) is 0 Å². The Morgan fingerprint density at radius 3 is 2.00 bits per heavy atom. The lowest BCUT2D eigenvalue weighted by Crippen LogP contribution is -2.41. The Labute approximate surface area is 99.9 Å². The second-order valence-electron chi connectivity index (χ2n) is 5.15. The Kier molecular flexibility index (Phi) is 7.93. The van der Waals surface area contributed by atoms with E-state index in [0.717, 1.165) is 32.6 Å². The van der Waals surface area contributed by atoms with Gasteiger partial charge in [0.05, 0.1) is 13.2 Å². The molecular formula is C12H28N2O2. The van der Waals surface area contributed by atoms with E-state index in [4.69, 9.17) is 0 Å². The molecule has 98 valence electrons. The monoisotopic (exact) mass is 232 g/mol. The molecule has 0 rings (SSSR count). The molecule has 0 fully saturated rings. The van der Waals surface area contributed by atoms with Crippen LogP contribution < -0.4 is 0 Å². The molecule has 16 heavy (non-hydrogen) atoms. The third-order valence-electron chi connectivity index (χ3n) is 2.90. The van der Waals surface area contributed by atoms with Crippen LogP contribution in [0.25, 0.3) is 0 Å². The van der Waals surface area contributed by atoms with Crippen LogP contribution in [0.15, 0.2) is 0 Å². The Morgan fingerprint density at radius 1 is 1.06 bits per heavy atom. The summed E-state index contributed by atoms with van der Waals surface area (Å²) < 4.78 is 0. The molecular weight excluding hydrogens is 204 g/mol. The topological polar surface area (TPSA) is 46.9 Å². The molecule has 0 saturated heterocycles. The zero-order chi connectivity index (χ0) is 12.6. The fourth-order valence-electron chi connectivity index (χ4n) is 1.65. The summed E-state index contributed by atoms with van der Waals surface area (Å²) in [5.41, 5.74) is -0.381. The predicted octanol–water partition coefficient (Wildman–Crippen LogP) is 0.251. The van der Waals surface area contributed by atoms with Crippen molar-refractivity contribution in [2.45, 2.75) is 20.3 Å². The molecule has 0 saturated carbocycles. The molecule has 4 nitrogen and oxygen atoms in total. The maximum absolute atomic E-state index is 9.25. The number of aliphatic hydroxyl groups excluding tert-OH is 2. The SMILES string of the molecule is CCN(CCCN(C)C)CC(C)(CO)CO. The molecule has 0 unspecified atom stereocenters. The van der Waals surface area contributed by atoms with Crippen molar-refractivity contribution in [1.29, 1.82) is 0 Å². The smallest absolute Gasteiger partial charge is 0.0519 e. The van der Waals surface area contributed by atoms with E-state index >= 15 is 0 Å². The summed E-state index contributed by atoms with van der Waals surface area (Å²) in [6.07, 6.45) is 1.12. The van der Waals surface area contributed by atoms with E-state index in [1.807, 2.05) is 6.92 Å². The average Bonchev–Trinajstić information content (AvgIpc) is 2.27. The third kappa shape index (κ3) is 6.43. The Balaban J connectivity index is 3.99. The van der Waals surface area contributed by atoms with Crippen molar-refractivity contribution >= 4 is 0 Å². The fraction of sp³-hybridized carbons (Fsp3) is 1.00. The van der Waals surface area contributed by atoms with E-state index in [0.29, 0.717) is 0 Å². The Morgan fingerprint density at radius 2 is 1.62 bits per heavy atom. The zero-order valence-corrected chi connectivity index (χ0v) is 11.2. The third-order valence-corrected chi connectivity index (χ3v) is 2.90. The summed E-state index contributed by atoms with van der Waals surface area (Å²) >= 11 is 0. The molecule has 0 amide bonds. The lowest BCUT2D eigenvalue weighted by molar-refractivity contribution is 0.0357. The first-order chi connectivity index (χ1) is 7.47. The highest BCUT2D eigenvalue weighted by Gasteiger charge is 2.24. The lowest BCUT2D eigenvalue weighted by Gasteiger charge is -2.32. The van der Waals surface area contributed by atoms with Gasteiger partial charge in [-0.25, -0.2) is 0 Å². The largest absolute Gasteiger partial charge is 0.396 e. The van der Waals surface area contributed by atoms with E-state index < -0.39 is 0 Å². The second-order valence-corrected chi connectivity index (χ2v) is 5.15. The number of rotatable bonds is 9. The van der Waals surface area contributed by atoms with Crippen molar-refractivity contribution in [1.82, 2.24) is 9.80 Å². The molecule has 0 aliphatic heterocycles. The van der Waals surface area contributed by atoms with Gasteiger partial charge in [-0.05, 0) is 40.2 Å². The average molecular weight is 232 g/mol. The molecule has 0 atom stereocenters. The first-order valence-electron chi connectivity index (χ1n) is 6.06. The van der Waals surface area contributed by atoms with E-state index in [-0.39, 0.29) is 18.6 Å². The number of hydrogen-bond donors (Lipinski definition) is 2. The summed E-state index contributed by atoms with van der Waals surface area (Å²) in [7, 11) is 4.14. The number of nitrogens with zero attached hydrogens (tertiary/aromatic N) is 2. The van der Waals surface area contributed by atoms with E-state index in [1.165, 1.54) is 0 Å². The molecule has 0 aliphatic carbocycles. The van der Waals surface area contributed by atoms with Gasteiger partial charge in [0, 0.05) is 12.0 Å². The maximum Gasteiger partial charge on any atom is 0.0519 e. The standard InChI is InChI=1S/C12H28N2O2/c1-5-14(8-6-7-13(3)4)9-12(2,10-15)11-16/h15-16H,5-11H2,1-4H3. The van der Waals surface area contributed by atoms with Gasteiger partial charge in [0.15, 0.2) is 0 Å². The normalized spacial score (nSPS) is 12.8. The van der Waals surface area contributed by atoms with Crippen molar-refractivity contribution in [3.8, 4) is 0 Å². The van der Waals surface area contributed by atoms with Gasteiger partial charge >= 0.3 is 0 Å². The van der Waals surface area contributed by atoms with Crippen LogP contribution in [0.1, 0.15) is 20.3 Å². The van der Waals surface area contributed by atoms with E-state index in [9.17, 15) is 10.2 Å². The van der Waals surface area contributed by atoms with Crippen LogP contribution >= 0.6 is 0 Å². The Hall–Kier alpha value is -0.160. The fourth-order valence-corrected chi connectivity index (χ4v) is 1.65. The minimum atomic E-state index is -0.381. The molecule has 0 spiro atoms. The molecule has 0 aliphatic rings. The van der Waals surface area contributed by atoms with Crippen LogP contribution in [0.2, 0.25) is 0 Å². The van der Waals surface area contributed by atoms with Gasteiger partial charge in [0.2, 0.25) is 0 Å². The summed E-state index contributed by atoms with van der Waals surface area (Å²) in [5.74, 6) is 0. The highest BCUT2D eigenvalue weighted by atomic mass is 16.3. The van der Waals surface area contributed by atoms with Gasteiger partial charge in [-0.15, -0.1) is 0 Å². The first kappa shape index (κ1) is 15.8. The second kappa shape index (κ2) is 8.01. The summed E-state index contributed by atoms with van der Waals surface area (Å²) in [6.45, 7) is 7.91. The van der Waals surface area contributed by atoms with Crippen molar-refractivity contribution < 1.29 is 10.2 Å². The molecule has 0 aromatic rings. The minimum absolute atomic E-state index is 0.0354. The van der Waals surface area contributed by atoms with Crippen LogP contribution in [0.4, 0.5) is 0 Å². The van der Waals surface area contributed by atoms with Crippen LogP contribution in [-0.4, -0.2) is 73.5 Å². The van der Waals surface area contributed by atoms with E-state index in [1.54, 1.807) is 0 Å². The van der Waals surface area contributed by atoms with Crippen LogP contribution in [0.3, 0.4) is 0 Å². The van der Waals surface area contributed by atoms with Crippen molar-refractivity contribution in [2.24, 2.45) is 5.41 Å². The van der Waals surface area contributed by atoms with Gasteiger partial charge < -0.3 is 20.0 Å². The number of hydrogen-bond acceptors (Lipinski definition) is 4. The number of aliphatic hydroxyl groups is 2. The molecule has 0 heterocycles. The molecule has 2 N–H and O–H groups in total. The molecule has 0 bridgehead atoms. The quantitative estimate of drug-likeness (QED) is 0.598. The van der Waals surface area contributed by atoms with Crippen LogP contribution in [0, 0.1) is 5.41 Å². The highest BCUT2D eigenvalue weighted by Crippen LogP contribution is 2.16. The maximum atomic E-state index is 9.25. The van der Waals surface area contributed by atoms with Crippen molar-refractivity contribution in [2.75, 3.05) is 53.5 Å². The summed E-state index contributed by atoms with van der Waals surface area (Å²) in [4.78, 5) is 4.46. The van der Waals surface area contributed by atoms with Crippen molar-refractivity contribution in [3.05, 3.63) is 0 Å². The molecule has 4 heteroatoms. The van der Waals surface area contributed by atoms with E-state index in [2.05, 4.69) is 30.8 Å². The molecule has 0 radical (unpaired) electrons.